The molecule has 4 aromatic rings. The van der Waals surface area contributed by atoms with Gasteiger partial charge in [-0.25, -0.2) is 0 Å². The first-order chi connectivity index (χ1) is 17.9. The summed E-state index contributed by atoms with van der Waals surface area (Å²) in [6, 6.07) is 23.5. The number of aromatic hydroxyl groups is 2. The van der Waals surface area contributed by atoms with Crippen LogP contribution in [-0.2, 0) is 26.2 Å². The Hall–Kier alpha value is -3.74. The van der Waals surface area contributed by atoms with Crippen molar-refractivity contribution in [1.82, 2.24) is 19.8 Å². The Bertz CT molecular complexity index is 1280. The van der Waals surface area contributed by atoms with Gasteiger partial charge in [-0.05, 0) is 57.2 Å². The van der Waals surface area contributed by atoms with E-state index in [0.29, 0.717) is 37.7 Å². The van der Waals surface area contributed by atoms with Gasteiger partial charge in [0.05, 0.1) is 11.4 Å². The van der Waals surface area contributed by atoms with Crippen LogP contribution in [0.3, 0.4) is 0 Å². The lowest BCUT2D eigenvalue weighted by Gasteiger charge is -2.34. The van der Waals surface area contributed by atoms with Gasteiger partial charge in [0.1, 0.15) is 11.5 Å². The van der Waals surface area contributed by atoms with Gasteiger partial charge < -0.3 is 10.2 Å². The molecule has 0 aliphatic rings. The lowest BCUT2D eigenvalue weighted by Crippen LogP contribution is -2.41. The Morgan fingerprint density at radius 3 is 1.76 bits per heavy atom. The minimum Gasteiger partial charge on any atom is -0.508 e. The molecule has 0 amide bonds. The highest BCUT2D eigenvalue weighted by Gasteiger charge is 2.21. The summed E-state index contributed by atoms with van der Waals surface area (Å²) in [4.78, 5) is 13.8. The molecule has 0 aliphatic heterocycles. The van der Waals surface area contributed by atoms with Crippen molar-refractivity contribution in [1.29, 1.82) is 0 Å². The number of pyridine rings is 2. The monoisotopic (exact) mass is 496 g/mol. The van der Waals surface area contributed by atoms with E-state index in [-0.39, 0.29) is 6.04 Å². The van der Waals surface area contributed by atoms with E-state index in [1.807, 2.05) is 86.9 Å². The van der Waals surface area contributed by atoms with Crippen LogP contribution in [0.1, 0.15) is 40.6 Å². The highest BCUT2D eigenvalue weighted by Crippen LogP contribution is 2.24. The summed E-state index contributed by atoms with van der Waals surface area (Å²) in [6.45, 7) is 9.53. The summed E-state index contributed by atoms with van der Waals surface area (Å²) < 4.78 is 0. The fourth-order valence-electron chi connectivity index (χ4n) is 4.60. The molecule has 2 aromatic carbocycles. The molecule has 2 N–H and O–H groups in total. The molecule has 2 heterocycles. The molecule has 0 radical (unpaired) electrons. The molecule has 0 saturated heterocycles. The number of aromatic nitrogens is 2. The second kappa shape index (κ2) is 12.5. The van der Waals surface area contributed by atoms with E-state index in [0.717, 1.165) is 40.2 Å². The van der Waals surface area contributed by atoms with E-state index in [4.69, 9.17) is 0 Å². The molecule has 0 saturated carbocycles. The number of benzene rings is 2. The Balaban J connectivity index is 1.60. The van der Waals surface area contributed by atoms with Crippen molar-refractivity contribution in [2.75, 3.05) is 6.54 Å². The van der Waals surface area contributed by atoms with Crippen molar-refractivity contribution in [2.24, 2.45) is 0 Å². The summed E-state index contributed by atoms with van der Waals surface area (Å²) in [7, 11) is 0. The molecule has 0 fully saturated rings. The minimum atomic E-state index is 0.123. The molecule has 1 atom stereocenters. The Kier molecular flexibility index (Phi) is 8.88. The highest BCUT2D eigenvalue weighted by molar-refractivity contribution is 5.36. The van der Waals surface area contributed by atoms with Crippen LogP contribution >= 0.6 is 0 Å². The van der Waals surface area contributed by atoms with Crippen LogP contribution in [0.2, 0.25) is 0 Å². The van der Waals surface area contributed by atoms with Gasteiger partial charge in [-0.3, -0.25) is 19.8 Å². The fourth-order valence-corrected chi connectivity index (χ4v) is 4.60. The zero-order valence-electron chi connectivity index (χ0n) is 21.9. The molecule has 1 unspecified atom stereocenters. The van der Waals surface area contributed by atoms with Crippen LogP contribution in [0, 0.1) is 13.8 Å². The number of rotatable bonds is 11. The van der Waals surface area contributed by atoms with Gasteiger partial charge in [0.25, 0.3) is 0 Å². The summed E-state index contributed by atoms with van der Waals surface area (Å²) >= 11 is 0. The van der Waals surface area contributed by atoms with Crippen LogP contribution < -0.4 is 0 Å². The predicted octanol–water partition coefficient (Wildman–Crippen LogP) is 5.60. The van der Waals surface area contributed by atoms with Crippen molar-refractivity contribution in [2.45, 2.75) is 53.0 Å². The number of nitrogens with zero attached hydrogens (tertiary/aromatic N) is 4. The molecule has 37 heavy (non-hydrogen) atoms. The summed E-state index contributed by atoms with van der Waals surface area (Å²) in [5.74, 6) is 0.609. The molecule has 192 valence electrons. The number of aryl methyl sites for hydroxylation is 2. The summed E-state index contributed by atoms with van der Waals surface area (Å²) in [5.41, 5.74) is 5.99. The zero-order valence-corrected chi connectivity index (χ0v) is 21.9. The third kappa shape index (κ3) is 7.62. The Morgan fingerprint density at radius 1 is 0.676 bits per heavy atom. The lowest BCUT2D eigenvalue weighted by molar-refractivity contribution is 0.124. The number of hydrogen-bond donors (Lipinski definition) is 2. The average Bonchev–Trinajstić information content (AvgIpc) is 2.89. The first-order valence-electron chi connectivity index (χ1n) is 12.7. The average molecular weight is 497 g/mol. The maximum atomic E-state index is 10.6. The molecule has 6 nitrogen and oxygen atoms in total. The quantitative estimate of drug-likeness (QED) is 0.282. The van der Waals surface area contributed by atoms with E-state index in [2.05, 4.69) is 26.7 Å². The first-order valence-corrected chi connectivity index (χ1v) is 12.7. The molecule has 6 heteroatoms. The van der Waals surface area contributed by atoms with Gasteiger partial charge in [-0.15, -0.1) is 0 Å². The normalized spacial score (nSPS) is 12.2. The molecule has 4 rings (SSSR count). The number of phenolic OH excluding ortho intramolecular Hbond substituents is 2. The van der Waals surface area contributed by atoms with Crippen molar-refractivity contribution < 1.29 is 10.2 Å². The predicted molar refractivity (Wildman–Crippen MR) is 147 cm³/mol. The highest BCUT2D eigenvalue weighted by atomic mass is 16.3. The minimum absolute atomic E-state index is 0.123. The molecule has 2 aromatic heterocycles. The summed E-state index contributed by atoms with van der Waals surface area (Å²) in [6.07, 6.45) is 3.63. The lowest BCUT2D eigenvalue weighted by atomic mass is 10.1. The van der Waals surface area contributed by atoms with Gasteiger partial charge in [-0.2, -0.15) is 0 Å². The largest absolute Gasteiger partial charge is 0.508 e. The second-order valence-electron chi connectivity index (χ2n) is 9.83. The zero-order chi connectivity index (χ0) is 26.2. The van der Waals surface area contributed by atoms with E-state index >= 15 is 0 Å². The van der Waals surface area contributed by atoms with Crippen molar-refractivity contribution >= 4 is 0 Å². The maximum Gasteiger partial charge on any atom is 0.120 e. The Morgan fingerprint density at radius 2 is 1.22 bits per heavy atom. The second-order valence-corrected chi connectivity index (χ2v) is 9.83. The standard InChI is InChI=1S/C31H36N4O2/c1-23-10-12-30(36)26(16-23)19-34(21-28-8-4-6-14-32-28)18-25(3)35(22-29-9-5-7-15-33-29)20-27-17-24(2)11-13-31(27)37/h4-17,25,36-37H,18-22H2,1-3H3. The van der Waals surface area contributed by atoms with Crippen LogP contribution in [0.5, 0.6) is 11.5 Å². The van der Waals surface area contributed by atoms with Crippen LogP contribution in [0.25, 0.3) is 0 Å². The van der Waals surface area contributed by atoms with Gasteiger partial charge in [0.15, 0.2) is 0 Å². The van der Waals surface area contributed by atoms with Gasteiger partial charge in [0, 0.05) is 62.3 Å². The molecule has 0 aliphatic carbocycles. The van der Waals surface area contributed by atoms with Gasteiger partial charge in [-0.1, -0.05) is 47.5 Å². The third-order valence-corrected chi connectivity index (χ3v) is 6.59. The van der Waals surface area contributed by atoms with E-state index < -0.39 is 0 Å². The smallest absolute Gasteiger partial charge is 0.120 e. The molecule has 0 spiro atoms. The number of hydrogen-bond acceptors (Lipinski definition) is 6. The molecular formula is C31H36N4O2. The van der Waals surface area contributed by atoms with Crippen molar-refractivity contribution in [3.63, 3.8) is 0 Å². The van der Waals surface area contributed by atoms with Gasteiger partial charge in [0.2, 0.25) is 0 Å². The van der Waals surface area contributed by atoms with E-state index in [9.17, 15) is 10.2 Å². The van der Waals surface area contributed by atoms with Crippen molar-refractivity contribution in [3.05, 3.63) is 119 Å². The van der Waals surface area contributed by atoms with E-state index in [1.165, 1.54) is 0 Å². The van der Waals surface area contributed by atoms with Gasteiger partial charge >= 0.3 is 0 Å². The van der Waals surface area contributed by atoms with Crippen LogP contribution in [-0.4, -0.2) is 42.6 Å². The topological polar surface area (TPSA) is 72.7 Å². The Labute approximate surface area is 219 Å². The number of phenols is 2. The van der Waals surface area contributed by atoms with Crippen LogP contribution in [0.15, 0.2) is 85.2 Å². The fraction of sp³-hybridized carbons (Fsp3) is 0.290. The first kappa shape index (κ1) is 26.3. The van der Waals surface area contributed by atoms with Crippen molar-refractivity contribution in [3.8, 4) is 11.5 Å². The SMILES string of the molecule is Cc1ccc(O)c(CN(Cc2ccccn2)CC(C)N(Cc2ccccn2)Cc2cc(C)ccc2O)c1. The molecule has 0 bridgehead atoms. The maximum absolute atomic E-state index is 10.6. The summed E-state index contributed by atoms with van der Waals surface area (Å²) in [5, 5.41) is 21.1. The van der Waals surface area contributed by atoms with Crippen LogP contribution in [0.4, 0.5) is 0 Å². The molecular weight excluding hydrogens is 460 g/mol. The van der Waals surface area contributed by atoms with E-state index in [1.54, 1.807) is 12.1 Å². The third-order valence-electron chi connectivity index (χ3n) is 6.59.